The van der Waals surface area contributed by atoms with Crippen LogP contribution >= 0.6 is 0 Å². The molecule has 14 heavy (non-hydrogen) atoms. The molecule has 0 aromatic carbocycles. The predicted octanol–water partition coefficient (Wildman–Crippen LogP) is 3.50. The summed E-state index contributed by atoms with van der Waals surface area (Å²) in [5.74, 6) is 0.768. The molecule has 1 fully saturated rings. The molecular formula is C13H25N. The van der Waals surface area contributed by atoms with Crippen molar-refractivity contribution in [1.29, 1.82) is 0 Å². The molecule has 0 amide bonds. The molecule has 0 aromatic rings. The average Bonchev–Trinajstić information content (AvgIpc) is 2.53. The molecule has 1 nitrogen and oxygen atoms in total. The molecule has 0 radical (unpaired) electrons. The minimum absolute atomic E-state index is 0.338. The lowest BCUT2D eigenvalue weighted by Crippen LogP contribution is -2.40. The maximum Gasteiger partial charge on any atom is 0.0130 e. The van der Waals surface area contributed by atoms with Gasteiger partial charge in [0.2, 0.25) is 0 Å². The fraction of sp³-hybridized carbons (Fsp3) is 0.846. The van der Waals surface area contributed by atoms with Crippen molar-refractivity contribution in [2.24, 2.45) is 17.1 Å². The molecule has 1 atom stereocenters. The molecule has 1 saturated carbocycles. The molecule has 0 heterocycles. The zero-order chi connectivity index (χ0) is 10.6. The van der Waals surface area contributed by atoms with E-state index in [0.29, 0.717) is 11.5 Å². The minimum Gasteiger partial charge on any atom is -0.327 e. The smallest absolute Gasteiger partial charge is 0.0130 e. The molecule has 1 aliphatic carbocycles. The largest absolute Gasteiger partial charge is 0.327 e. The lowest BCUT2D eigenvalue weighted by molar-refractivity contribution is 0.183. The van der Waals surface area contributed by atoms with Gasteiger partial charge in [-0.05, 0) is 37.0 Å². The lowest BCUT2D eigenvalue weighted by Gasteiger charge is -2.36. The second-order valence-corrected chi connectivity index (χ2v) is 5.30. The minimum atomic E-state index is 0.338. The Morgan fingerprint density at radius 1 is 1.36 bits per heavy atom. The second kappa shape index (κ2) is 4.97. The van der Waals surface area contributed by atoms with Gasteiger partial charge >= 0.3 is 0 Å². The molecule has 1 heteroatoms. The van der Waals surface area contributed by atoms with E-state index in [1.165, 1.54) is 32.1 Å². The summed E-state index contributed by atoms with van der Waals surface area (Å²) in [6.45, 7) is 8.41. The van der Waals surface area contributed by atoms with E-state index in [9.17, 15) is 0 Å². The first-order valence-corrected chi connectivity index (χ1v) is 5.97. The fourth-order valence-electron chi connectivity index (χ4n) is 3.05. The molecule has 0 spiro atoms. The van der Waals surface area contributed by atoms with Crippen molar-refractivity contribution in [3.63, 3.8) is 0 Å². The van der Waals surface area contributed by atoms with Gasteiger partial charge in [0.05, 0.1) is 0 Å². The third kappa shape index (κ3) is 2.60. The zero-order valence-electron chi connectivity index (χ0n) is 9.76. The van der Waals surface area contributed by atoms with E-state index in [4.69, 9.17) is 5.73 Å². The molecule has 0 aromatic heterocycles. The molecular weight excluding hydrogens is 170 g/mol. The lowest BCUT2D eigenvalue weighted by atomic mass is 9.72. The first-order valence-electron chi connectivity index (χ1n) is 5.97. The summed E-state index contributed by atoms with van der Waals surface area (Å²) >= 11 is 0. The summed E-state index contributed by atoms with van der Waals surface area (Å²) < 4.78 is 0. The standard InChI is InChI=1S/C13H25N/c1-4-7-12(14)13(10-11(2)3)8-5-6-9-13/h4,11-12H,1,5-10,14H2,2-3H3. The van der Waals surface area contributed by atoms with Gasteiger partial charge in [-0.25, -0.2) is 0 Å². The van der Waals surface area contributed by atoms with Crippen LogP contribution in [-0.2, 0) is 0 Å². The first-order chi connectivity index (χ1) is 6.60. The van der Waals surface area contributed by atoms with Crippen LogP contribution < -0.4 is 5.73 Å². The molecule has 1 aliphatic rings. The Hall–Kier alpha value is -0.300. The maximum absolute atomic E-state index is 6.30. The third-order valence-corrected chi connectivity index (χ3v) is 3.62. The zero-order valence-corrected chi connectivity index (χ0v) is 9.76. The van der Waals surface area contributed by atoms with Crippen LogP contribution in [0.25, 0.3) is 0 Å². The van der Waals surface area contributed by atoms with Crippen LogP contribution in [0.1, 0.15) is 52.4 Å². The van der Waals surface area contributed by atoms with Crippen molar-refractivity contribution in [3.8, 4) is 0 Å². The first kappa shape index (κ1) is 11.8. The highest BCUT2D eigenvalue weighted by Gasteiger charge is 2.38. The monoisotopic (exact) mass is 195 g/mol. The Bertz CT molecular complexity index is 178. The van der Waals surface area contributed by atoms with Crippen LogP contribution in [0.2, 0.25) is 0 Å². The average molecular weight is 195 g/mol. The normalized spacial score (nSPS) is 22.6. The SMILES string of the molecule is C=CCC(N)C1(CC(C)C)CCCC1. The molecule has 0 bridgehead atoms. The van der Waals surface area contributed by atoms with Gasteiger partial charge in [0.15, 0.2) is 0 Å². The Morgan fingerprint density at radius 2 is 1.93 bits per heavy atom. The van der Waals surface area contributed by atoms with Gasteiger partial charge in [0, 0.05) is 6.04 Å². The Labute approximate surface area is 88.8 Å². The predicted molar refractivity (Wildman–Crippen MR) is 63.1 cm³/mol. The number of hydrogen-bond donors (Lipinski definition) is 1. The van der Waals surface area contributed by atoms with E-state index in [1.807, 2.05) is 6.08 Å². The van der Waals surface area contributed by atoms with Gasteiger partial charge in [-0.3, -0.25) is 0 Å². The van der Waals surface area contributed by atoms with Crippen LogP contribution in [0.3, 0.4) is 0 Å². The molecule has 0 aliphatic heterocycles. The van der Waals surface area contributed by atoms with Crippen LogP contribution in [0.4, 0.5) is 0 Å². The van der Waals surface area contributed by atoms with Crippen molar-refractivity contribution >= 4 is 0 Å². The fourth-order valence-corrected chi connectivity index (χ4v) is 3.05. The van der Waals surface area contributed by atoms with Crippen molar-refractivity contribution in [3.05, 3.63) is 12.7 Å². The van der Waals surface area contributed by atoms with E-state index in [0.717, 1.165) is 12.3 Å². The summed E-state index contributed by atoms with van der Waals surface area (Å²) in [6, 6.07) is 0.338. The maximum atomic E-state index is 6.30. The van der Waals surface area contributed by atoms with Crippen LogP contribution in [0.5, 0.6) is 0 Å². The highest BCUT2D eigenvalue weighted by Crippen LogP contribution is 2.46. The van der Waals surface area contributed by atoms with Crippen molar-refractivity contribution in [2.75, 3.05) is 0 Å². The highest BCUT2D eigenvalue weighted by molar-refractivity contribution is 4.96. The number of nitrogens with two attached hydrogens (primary N) is 1. The second-order valence-electron chi connectivity index (χ2n) is 5.30. The number of rotatable bonds is 5. The highest BCUT2D eigenvalue weighted by atomic mass is 14.7. The van der Waals surface area contributed by atoms with Gasteiger partial charge in [0.1, 0.15) is 0 Å². The van der Waals surface area contributed by atoms with Crippen molar-refractivity contribution in [1.82, 2.24) is 0 Å². The van der Waals surface area contributed by atoms with Gasteiger partial charge in [-0.15, -0.1) is 6.58 Å². The molecule has 1 rings (SSSR count). The van der Waals surface area contributed by atoms with E-state index >= 15 is 0 Å². The summed E-state index contributed by atoms with van der Waals surface area (Å²) in [6.07, 6.45) is 9.66. The molecule has 2 N–H and O–H groups in total. The van der Waals surface area contributed by atoms with Gasteiger partial charge in [-0.1, -0.05) is 32.8 Å². The summed E-state index contributed by atoms with van der Waals surface area (Å²) in [4.78, 5) is 0. The molecule has 82 valence electrons. The van der Waals surface area contributed by atoms with Crippen molar-refractivity contribution < 1.29 is 0 Å². The summed E-state index contributed by atoms with van der Waals surface area (Å²) in [5.41, 5.74) is 6.73. The number of hydrogen-bond acceptors (Lipinski definition) is 1. The van der Waals surface area contributed by atoms with Crippen LogP contribution in [0.15, 0.2) is 12.7 Å². The van der Waals surface area contributed by atoms with Crippen LogP contribution in [0, 0.1) is 11.3 Å². The Kier molecular flexibility index (Phi) is 4.18. The Balaban J connectivity index is 2.64. The van der Waals surface area contributed by atoms with Crippen molar-refractivity contribution in [2.45, 2.75) is 58.4 Å². The van der Waals surface area contributed by atoms with E-state index in [1.54, 1.807) is 0 Å². The van der Waals surface area contributed by atoms with Gasteiger partial charge in [0.25, 0.3) is 0 Å². The van der Waals surface area contributed by atoms with E-state index < -0.39 is 0 Å². The van der Waals surface area contributed by atoms with E-state index in [-0.39, 0.29) is 0 Å². The Morgan fingerprint density at radius 3 is 2.36 bits per heavy atom. The molecule has 1 unspecified atom stereocenters. The topological polar surface area (TPSA) is 26.0 Å². The summed E-state index contributed by atoms with van der Waals surface area (Å²) in [7, 11) is 0. The third-order valence-electron chi connectivity index (χ3n) is 3.62. The van der Waals surface area contributed by atoms with E-state index in [2.05, 4.69) is 20.4 Å². The quantitative estimate of drug-likeness (QED) is 0.668. The van der Waals surface area contributed by atoms with Gasteiger partial charge in [-0.2, -0.15) is 0 Å². The van der Waals surface area contributed by atoms with Crippen LogP contribution in [-0.4, -0.2) is 6.04 Å². The molecule has 0 saturated heterocycles. The summed E-state index contributed by atoms with van der Waals surface area (Å²) in [5, 5.41) is 0. The van der Waals surface area contributed by atoms with Gasteiger partial charge < -0.3 is 5.73 Å².